The fourth-order valence-electron chi connectivity index (χ4n) is 1.33. The van der Waals surface area contributed by atoms with Gasteiger partial charge in [0.25, 0.3) is 0 Å². The summed E-state index contributed by atoms with van der Waals surface area (Å²) in [4.78, 5) is 0. The molecule has 0 radical (unpaired) electrons. The van der Waals surface area contributed by atoms with Crippen molar-refractivity contribution in [2.24, 2.45) is 5.92 Å². The van der Waals surface area contributed by atoms with Crippen molar-refractivity contribution in [1.82, 2.24) is 0 Å². The van der Waals surface area contributed by atoms with Crippen LogP contribution in [0.4, 0.5) is 0 Å². The molecule has 0 nitrogen and oxygen atoms in total. The van der Waals surface area contributed by atoms with Gasteiger partial charge in [0.15, 0.2) is 0 Å². The first-order valence-corrected chi connectivity index (χ1v) is 4.29. The molecule has 0 aliphatic heterocycles. The second-order valence-corrected chi connectivity index (χ2v) is 3.26. The van der Waals surface area contributed by atoms with E-state index in [0.717, 1.165) is 5.92 Å². The normalized spacial score (nSPS) is 25.8. The van der Waals surface area contributed by atoms with E-state index < -0.39 is 0 Å². The highest BCUT2D eigenvalue weighted by Gasteiger charge is 2.10. The Kier molecular flexibility index (Phi) is 3.05. The van der Waals surface area contributed by atoms with Gasteiger partial charge in [-0.05, 0) is 37.2 Å². The summed E-state index contributed by atoms with van der Waals surface area (Å²) in [7, 11) is 0. The van der Waals surface area contributed by atoms with E-state index in [2.05, 4.69) is 12.7 Å². The van der Waals surface area contributed by atoms with Gasteiger partial charge in [0.05, 0.1) is 0 Å². The molecule has 0 aromatic carbocycles. The molecule has 1 saturated carbocycles. The SMILES string of the molecule is CC1CCC(=C=CCl)CC1. The van der Waals surface area contributed by atoms with Gasteiger partial charge in [0, 0.05) is 5.54 Å². The largest absolute Gasteiger partial charge is 0.109 e. The quantitative estimate of drug-likeness (QED) is 0.471. The molecule has 0 saturated heterocycles. The van der Waals surface area contributed by atoms with Crippen LogP contribution in [0.3, 0.4) is 0 Å². The Balaban J connectivity index is 2.48. The van der Waals surface area contributed by atoms with Gasteiger partial charge >= 0.3 is 0 Å². The maximum atomic E-state index is 5.41. The van der Waals surface area contributed by atoms with Gasteiger partial charge in [-0.25, -0.2) is 0 Å². The van der Waals surface area contributed by atoms with Crippen molar-refractivity contribution in [1.29, 1.82) is 0 Å². The Morgan fingerprint density at radius 1 is 1.50 bits per heavy atom. The minimum Gasteiger partial charge on any atom is -0.109 e. The maximum Gasteiger partial charge on any atom is 0.0462 e. The molecule has 0 unspecified atom stereocenters. The van der Waals surface area contributed by atoms with Gasteiger partial charge in [-0.3, -0.25) is 0 Å². The minimum atomic E-state index is 0.904. The highest BCUT2D eigenvalue weighted by molar-refractivity contribution is 6.25. The van der Waals surface area contributed by atoms with Crippen molar-refractivity contribution in [3.8, 4) is 0 Å². The fourth-order valence-corrected chi connectivity index (χ4v) is 1.49. The van der Waals surface area contributed by atoms with E-state index in [-0.39, 0.29) is 0 Å². The lowest BCUT2D eigenvalue weighted by molar-refractivity contribution is 0.444. The molecular weight excluding hydrogens is 144 g/mol. The highest BCUT2D eigenvalue weighted by atomic mass is 35.5. The summed E-state index contributed by atoms with van der Waals surface area (Å²) in [6, 6.07) is 0. The van der Waals surface area contributed by atoms with Crippen molar-refractivity contribution < 1.29 is 0 Å². The van der Waals surface area contributed by atoms with E-state index in [9.17, 15) is 0 Å². The fraction of sp³-hybridized carbons (Fsp3) is 0.667. The maximum absolute atomic E-state index is 5.41. The van der Waals surface area contributed by atoms with Gasteiger partial charge < -0.3 is 0 Å². The average molecular weight is 157 g/mol. The van der Waals surface area contributed by atoms with Crippen molar-refractivity contribution in [2.45, 2.75) is 32.6 Å². The molecule has 1 aliphatic rings. The predicted molar refractivity (Wildman–Crippen MR) is 45.1 cm³/mol. The summed E-state index contributed by atoms with van der Waals surface area (Å²) in [5, 5.41) is 0. The lowest BCUT2D eigenvalue weighted by atomic mass is 9.88. The van der Waals surface area contributed by atoms with Crippen LogP contribution in [0, 0.1) is 5.92 Å². The predicted octanol–water partition coefficient (Wildman–Crippen LogP) is 3.47. The van der Waals surface area contributed by atoms with E-state index in [1.54, 1.807) is 0 Å². The molecule has 0 bridgehead atoms. The van der Waals surface area contributed by atoms with Crippen LogP contribution in [0.1, 0.15) is 32.6 Å². The molecule has 10 heavy (non-hydrogen) atoms. The first-order valence-electron chi connectivity index (χ1n) is 3.86. The van der Waals surface area contributed by atoms with Gasteiger partial charge in [-0.2, -0.15) is 0 Å². The Bertz CT molecular complexity index is 154. The van der Waals surface area contributed by atoms with E-state index in [0.29, 0.717) is 0 Å². The van der Waals surface area contributed by atoms with Crippen molar-refractivity contribution >= 4 is 11.6 Å². The Morgan fingerprint density at radius 3 is 2.60 bits per heavy atom. The molecule has 1 fully saturated rings. The zero-order valence-corrected chi connectivity index (χ0v) is 7.12. The summed E-state index contributed by atoms with van der Waals surface area (Å²) >= 11 is 5.41. The molecule has 0 aromatic heterocycles. The lowest BCUT2D eigenvalue weighted by Crippen LogP contribution is -2.02. The smallest absolute Gasteiger partial charge is 0.0462 e. The first-order chi connectivity index (χ1) is 4.83. The lowest BCUT2D eigenvalue weighted by Gasteiger charge is -2.18. The Hall–Kier alpha value is -0.190. The number of halogens is 1. The van der Waals surface area contributed by atoms with Crippen LogP contribution in [0.15, 0.2) is 16.8 Å². The summed E-state index contributed by atoms with van der Waals surface area (Å²) in [6.07, 6.45) is 5.02. The van der Waals surface area contributed by atoms with E-state index in [4.69, 9.17) is 11.6 Å². The third-order valence-corrected chi connectivity index (χ3v) is 2.25. The standard InChI is InChI=1S/C9H13Cl/c1-8-2-4-9(5-3-8)6-7-10/h7-8H,2-5H2,1H3. The molecule has 56 valence electrons. The number of allylic oxidation sites excluding steroid dienone is 1. The van der Waals surface area contributed by atoms with Crippen molar-refractivity contribution in [3.63, 3.8) is 0 Å². The van der Waals surface area contributed by atoms with Gasteiger partial charge in [0.1, 0.15) is 0 Å². The summed E-state index contributed by atoms with van der Waals surface area (Å²) in [5.41, 5.74) is 5.96. The molecule has 1 rings (SSSR count). The molecular formula is C9H13Cl. The van der Waals surface area contributed by atoms with Crippen LogP contribution in [-0.2, 0) is 0 Å². The Morgan fingerprint density at radius 2 is 2.10 bits per heavy atom. The van der Waals surface area contributed by atoms with Crippen molar-refractivity contribution in [3.05, 3.63) is 16.8 Å². The van der Waals surface area contributed by atoms with Gasteiger partial charge in [0.2, 0.25) is 0 Å². The van der Waals surface area contributed by atoms with Gasteiger partial charge in [-0.15, -0.1) is 5.73 Å². The van der Waals surface area contributed by atoms with Crippen LogP contribution in [-0.4, -0.2) is 0 Å². The van der Waals surface area contributed by atoms with E-state index in [1.807, 2.05) is 0 Å². The monoisotopic (exact) mass is 156 g/mol. The molecule has 0 atom stereocenters. The average Bonchev–Trinajstić information content (AvgIpc) is 1.95. The molecule has 0 N–H and O–H groups in total. The van der Waals surface area contributed by atoms with Crippen LogP contribution in [0.25, 0.3) is 0 Å². The zero-order chi connectivity index (χ0) is 7.40. The third-order valence-electron chi connectivity index (χ3n) is 2.14. The summed E-state index contributed by atoms with van der Waals surface area (Å²) in [6.45, 7) is 2.31. The third kappa shape index (κ3) is 2.21. The first kappa shape index (κ1) is 7.91. The molecule has 1 aliphatic carbocycles. The molecule has 0 heterocycles. The minimum absolute atomic E-state index is 0.904. The van der Waals surface area contributed by atoms with Crippen LogP contribution >= 0.6 is 11.6 Å². The van der Waals surface area contributed by atoms with Crippen LogP contribution < -0.4 is 0 Å². The topological polar surface area (TPSA) is 0 Å². The summed E-state index contributed by atoms with van der Waals surface area (Å²) < 4.78 is 0. The van der Waals surface area contributed by atoms with E-state index in [1.165, 1.54) is 36.8 Å². The number of hydrogen-bond acceptors (Lipinski definition) is 0. The molecule has 0 aromatic rings. The van der Waals surface area contributed by atoms with Crippen molar-refractivity contribution in [2.75, 3.05) is 0 Å². The second kappa shape index (κ2) is 3.85. The van der Waals surface area contributed by atoms with Crippen LogP contribution in [0.2, 0.25) is 0 Å². The highest BCUT2D eigenvalue weighted by Crippen LogP contribution is 2.26. The number of rotatable bonds is 0. The summed E-state index contributed by atoms with van der Waals surface area (Å²) in [5.74, 6) is 0.904. The molecule has 1 heteroatoms. The number of hydrogen-bond donors (Lipinski definition) is 0. The van der Waals surface area contributed by atoms with Crippen LogP contribution in [0.5, 0.6) is 0 Å². The van der Waals surface area contributed by atoms with Gasteiger partial charge in [-0.1, -0.05) is 18.5 Å². The molecule has 0 amide bonds. The second-order valence-electron chi connectivity index (χ2n) is 3.04. The van der Waals surface area contributed by atoms with E-state index >= 15 is 0 Å². The zero-order valence-electron chi connectivity index (χ0n) is 6.36. The molecule has 0 spiro atoms. The Labute approximate surface area is 67.6 Å².